The highest BCUT2D eigenvalue weighted by Gasteiger charge is 2.21. The van der Waals surface area contributed by atoms with Gasteiger partial charge in [-0.05, 0) is 31.2 Å². The third-order valence-electron chi connectivity index (χ3n) is 3.44. The molecule has 0 atom stereocenters. The Kier molecular flexibility index (Phi) is 3.42. The van der Waals surface area contributed by atoms with Gasteiger partial charge in [0.15, 0.2) is 11.2 Å². The molecule has 1 aromatic carbocycles. The Morgan fingerprint density at radius 2 is 2.05 bits per heavy atom. The van der Waals surface area contributed by atoms with E-state index in [2.05, 4.69) is 4.98 Å². The number of fused-ring (bicyclic) bond motifs is 1. The number of amides is 1. The molecule has 2 aromatic heterocycles. The summed E-state index contributed by atoms with van der Waals surface area (Å²) in [5.41, 5.74) is 7.75. The molecule has 0 saturated carbocycles. The maximum Gasteiger partial charge on any atom is 0.260 e. The predicted octanol–water partition coefficient (Wildman–Crippen LogP) is 2.29. The molecule has 6 nitrogen and oxygen atoms in total. The molecule has 3 rings (SSSR count). The summed E-state index contributed by atoms with van der Waals surface area (Å²) in [6.07, 6.45) is 0.740. The molecule has 2 heterocycles. The van der Waals surface area contributed by atoms with E-state index in [1.54, 1.807) is 30.6 Å². The van der Waals surface area contributed by atoms with Gasteiger partial charge in [-0.2, -0.15) is 0 Å². The number of imidazole rings is 1. The van der Waals surface area contributed by atoms with E-state index in [0.717, 1.165) is 17.6 Å². The van der Waals surface area contributed by atoms with Crippen LogP contribution in [0.5, 0.6) is 5.75 Å². The number of benzene rings is 1. The van der Waals surface area contributed by atoms with Gasteiger partial charge in [0, 0.05) is 11.3 Å². The number of primary amides is 1. The summed E-state index contributed by atoms with van der Waals surface area (Å²) in [5.74, 6) is 0.209. The summed E-state index contributed by atoms with van der Waals surface area (Å²) < 4.78 is 6.79. The lowest BCUT2D eigenvalue weighted by atomic mass is 10.1. The standard InChI is InChI=1S/C15H13N3O3S/c1-8-13(14(16)20)22-15-17-12(11(7-19)18(8)15)9-3-5-10(21-2)6-4-9/h3-7H,1-2H3,(H2,16,20). The van der Waals surface area contributed by atoms with E-state index < -0.39 is 5.91 Å². The molecule has 0 bridgehead atoms. The van der Waals surface area contributed by atoms with E-state index in [0.29, 0.717) is 26.9 Å². The number of thiazole rings is 1. The highest BCUT2D eigenvalue weighted by Crippen LogP contribution is 2.30. The van der Waals surface area contributed by atoms with Gasteiger partial charge in [0.2, 0.25) is 0 Å². The van der Waals surface area contributed by atoms with Crippen molar-refractivity contribution in [2.24, 2.45) is 5.73 Å². The van der Waals surface area contributed by atoms with Crippen molar-refractivity contribution >= 4 is 28.5 Å². The van der Waals surface area contributed by atoms with Crippen LogP contribution in [-0.4, -0.2) is 28.7 Å². The summed E-state index contributed by atoms with van der Waals surface area (Å²) in [4.78, 5) is 28.4. The average Bonchev–Trinajstić information content (AvgIpc) is 3.04. The van der Waals surface area contributed by atoms with Gasteiger partial charge in [-0.3, -0.25) is 14.0 Å². The number of hydrogen-bond donors (Lipinski definition) is 1. The van der Waals surface area contributed by atoms with Crippen molar-refractivity contribution in [3.05, 3.63) is 40.5 Å². The zero-order valence-electron chi connectivity index (χ0n) is 12.0. The third-order valence-corrected chi connectivity index (χ3v) is 4.60. The fourth-order valence-electron chi connectivity index (χ4n) is 2.37. The topological polar surface area (TPSA) is 86.7 Å². The van der Waals surface area contributed by atoms with Gasteiger partial charge in [0.1, 0.15) is 22.0 Å². The van der Waals surface area contributed by atoms with Gasteiger partial charge >= 0.3 is 0 Å². The minimum atomic E-state index is -0.518. The van der Waals surface area contributed by atoms with Crippen molar-refractivity contribution in [1.29, 1.82) is 0 Å². The highest BCUT2D eigenvalue weighted by molar-refractivity contribution is 7.19. The van der Waals surface area contributed by atoms with Crippen LogP contribution in [0.4, 0.5) is 0 Å². The van der Waals surface area contributed by atoms with Crippen LogP contribution in [0.1, 0.15) is 25.9 Å². The molecule has 7 heteroatoms. The normalized spacial score (nSPS) is 10.8. The molecule has 112 valence electrons. The zero-order valence-corrected chi connectivity index (χ0v) is 12.8. The van der Waals surface area contributed by atoms with Crippen molar-refractivity contribution in [3.63, 3.8) is 0 Å². The number of aldehydes is 1. The van der Waals surface area contributed by atoms with E-state index >= 15 is 0 Å². The Labute approximate surface area is 130 Å². The number of rotatable bonds is 4. The molecule has 0 fully saturated rings. The van der Waals surface area contributed by atoms with Crippen LogP contribution in [-0.2, 0) is 0 Å². The van der Waals surface area contributed by atoms with E-state index in [4.69, 9.17) is 10.5 Å². The van der Waals surface area contributed by atoms with Gasteiger partial charge in [-0.1, -0.05) is 11.3 Å². The second kappa shape index (κ2) is 5.27. The number of aromatic nitrogens is 2. The van der Waals surface area contributed by atoms with E-state index in [1.807, 2.05) is 12.1 Å². The minimum absolute atomic E-state index is 0.404. The maximum absolute atomic E-state index is 11.5. The molecular formula is C15H13N3O3S. The van der Waals surface area contributed by atoms with E-state index in [1.165, 1.54) is 11.3 Å². The summed E-state index contributed by atoms with van der Waals surface area (Å²) in [7, 11) is 1.59. The highest BCUT2D eigenvalue weighted by atomic mass is 32.1. The van der Waals surface area contributed by atoms with Crippen LogP contribution < -0.4 is 10.5 Å². The molecule has 0 radical (unpaired) electrons. The van der Waals surface area contributed by atoms with Crippen LogP contribution in [0.3, 0.4) is 0 Å². The second-order valence-electron chi connectivity index (χ2n) is 4.69. The number of ether oxygens (including phenoxy) is 1. The summed E-state index contributed by atoms with van der Waals surface area (Å²) in [6, 6.07) is 7.28. The third kappa shape index (κ3) is 2.06. The number of hydrogen-bond acceptors (Lipinski definition) is 5. The van der Waals surface area contributed by atoms with E-state index in [-0.39, 0.29) is 0 Å². The number of nitrogens with zero attached hydrogens (tertiary/aromatic N) is 2. The number of carbonyl (C=O) groups excluding carboxylic acids is 2. The van der Waals surface area contributed by atoms with Crippen molar-refractivity contribution in [3.8, 4) is 17.0 Å². The number of carbonyl (C=O) groups is 2. The Hall–Kier alpha value is -2.67. The Morgan fingerprint density at radius 3 is 2.59 bits per heavy atom. The molecule has 0 saturated heterocycles. The molecule has 1 amide bonds. The predicted molar refractivity (Wildman–Crippen MR) is 83.7 cm³/mol. The first-order valence-corrected chi connectivity index (χ1v) is 7.29. The van der Waals surface area contributed by atoms with Gasteiger partial charge in [0.05, 0.1) is 7.11 Å². The quantitative estimate of drug-likeness (QED) is 0.748. The lowest BCUT2D eigenvalue weighted by Crippen LogP contribution is -2.11. The van der Waals surface area contributed by atoms with Crippen LogP contribution >= 0.6 is 11.3 Å². The second-order valence-corrected chi connectivity index (χ2v) is 5.67. The molecule has 22 heavy (non-hydrogen) atoms. The molecule has 0 aliphatic heterocycles. The minimum Gasteiger partial charge on any atom is -0.497 e. The summed E-state index contributed by atoms with van der Waals surface area (Å²) >= 11 is 1.18. The van der Waals surface area contributed by atoms with Gasteiger partial charge in [0.25, 0.3) is 5.91 Å². The molecule has 0 spiro atoms. The van der Waals surface area contributed by atoms with Crippen LogP contribution in [0, 0.1) is 6.92 Å². The SMILES string of the molecule is COc1ccc(-c2nc3sc(C(N)=O)c(C)n3c2C=O)cc1. The van der Waals surface area contributed by atoms with Crippen LogP contribution in [0.2, 0.25) is 0 Å². The largest absolute Gasteiger partial charge is 0.497 e. The maximum atomic E-state index is 11.5. The number of methoxy groups -OCH3 is 1. The van der Waals surface area contributed by atoms with Gasteiger partial charge < -0.3 is 10.5 Å². The zero-order chi connectivity index (χ0) is 15.9. The summed E-state index contributed by atoms with van der Waals surface area (Å²) in [5, 5.41) is 0. The van der Waals surface area contributed by atoms with Gasteiger partial charge in [-0.15, -0.1) is 0 Å². The molecular weight excluding hydrogens is 302 g/mol. The van der Waals surface area contributed by atoms with Crippen molar-refractivity contribution < 1.29 is 14.3 Å². The summed E-state index contributed by atoms with van der Waals surface area (Å²) in [6.45, 7) is 1.75. The van der Waals surface area contributed by atoms with Crippen LogP contribution in [0.25, 0.3) is 16.2 Å². The molecule has 0 aliphatic rings. The van der Waals surface area contributed by atoms with Gasteiger partial charge in [-0.25, -0.2) is 4.98 Å². The Morgan fingerprint density at radius 1 is 1.36 bits per heavy atom. The monoisotopic (exact) mass is 315 g/mol. The van der Waals surface area contributed by atoms with Crippen LogP contribution in [0.15, 0.2) is 24.3 Å². The van der Waals surface area contributed by atoms with E-state index in [9.17, 15) is 9.59 Å². The smallest absolute Gasteiger partial charge is 0.260 e. The van der Waals surface area contributed by atoms with Crippen molar-refractivity contribution in [2.75, 3.05) is 7.11 Å². The molecule has 0 unspecified atom stereocenters. The molecule has 2 N–H and O–H groups in total. The first-order valence-electron chi connectivity index (χ1n) is 6.48. The first kappa shape index (κ1) is 14.3. The molecule has 3 aromatic rings. The van der Waals surface area contributed by atoms with Crippen molar-refractivity contribution in [1.82, 2.24) is 9.38 Å². The first-order chi connectivity index (χ1) is 10.6. The fraction of sp³-hybridized carbons (Fsp3) is 0.133. The lowest BCUT2D eigenvalue weighted by Gasteiger charge is -2.02. The number of aryl methyl sites for hydroxylation is 1. The average molecular weight is 315 g/mol. The Balaban J connectivity index is 2.22. The number of nitrogens with two attached hydrogens (primary N) is 1. The van der Waals surface area contributed by atoms with Crippen molar-refractivity contribution in [2.45, 2.75) is 6.92 Å². The molecule has 0 aliphatic carbocycles. The lowest BCUT2D eigenvalue weighted by molar-refractivity contribution is 0.100. The Bertz CT molecular complexity index is 878. The fourth-order valence-corrected chi connectivity index (χ4v) is 3.36.